The summed E-state index contributed by atoms with van der Waals surface area (Å²) in [4.78, 5) is 96.0. The molecular weight excluding hydrogens is 725 g/mol. The molecule has 0 aromatic heterocycles. The number of rotatable bonds is 14. The lowest BCUT2D eigenvalue weighted by Gasteiger charge is -2.38. The molecule has 1 aliphatic heterocycles. The van der Waals surface area contributed by atoms with Crippen LogP contribution in [0.5, 0.6) is 0 Å². The summed E-state index contributed by atoms with van der Waals surface area (Å²) in [5.41, 5.74) is -3.73. The zero-order valence-corrected chi connectivity index (χ0v) is 32.8. The number of ether oxygens (including phenoxy) is 1. The normalized spacial score (nSPS) is 21.9. The Bertz CT molecular complexity index is 1670. The van der Waals surface area contributed by atoms with Crippen LogP contribution in [0.4, 0.5) is 18.0 Å². The number of hydrogen-bond acceptors (Lipinski definition) is 8. The van der Waals surface area contributed by atoms with Gasteiger partial charge in [0.2, 0.25) is 35.0 Å². The summed E-state index contributed by atoms with van der Waals surface area (Å²) in [7, 11) is 3.06. The summed E-state index contributed by atoms with van der Waals surface area (Å²) in [6.45, 7) is 9.51. The predicted molar refractivity (Wildman–Crippen MR) is 193 cm³/mol. The Balaban J connectivity index is 1.47. The van der Waals surface area contributed by atoms with Crippen LogP contribution in [0.2, 0.25) is 0 Å². The van der Waals surface area contributed by atoms with Gasteiger partial charge in [0.25, 0.3) is 5.91 Å². The fraction of sp³-hybridized carbons (Fsp3) is 0.658. The lowest BCUT2D eigenvalue weighted by atomic mass is 9.85. The van der Waals surface area contributed by atoms with E-state index < -0.39 is 89.3 Å². The van der Waals surface area contributed by atoms with Crippen molar-refractivity contribution < 1.29 is 51.5 Å². The van der Waals surface area contributed by atoms with Gasteiger partial charge < -0.3 is 35.8 Å². The van der Waals surface area contributed by atoms with Crippen LogP contribution in [-0.4, -0.2) is 108 Å². The molecule has 14 nitrogen and oxygen atoms in total. The summed E-state index contributed by atoms with van der Waals surface area (Å²) >= 11 is 0. The number of halogens is 3. The maximum Gasteiger partial charge on any atom is 0.427 e. The Morgan fingerprint density at radius 2 is 1.53 bits per heavy atom. The van der Waals surface area contributed by atoms with E-state index in [9.17, 15) is 46.7 Å². The van der Waals surface area contributed by atoms with Crippen molar-refractivity contribution in [2.24, 2.45) is 28.6 Å². The molecule has 1 saturated heterocycles. The van der Waals surface area contributed by atoms with Crippen molar-refractivity contribution in [2.75, 3.05) is 27.2 Å². The zero-order chi connectivity index (χ0) is 41.4. The van der Waals surface area contributed by atoms with Crippen LogP contribution in [0, 0.1) is 28.6 Å². The second-order valence-corrected chi connectivity index (χ2v) is 17.2. The Kier molecular flexibility index (Phi) is 12.4. The van der Waals surface area contributed by atoms with Crippen molar-refractivity contribution >= 4 is 41.4 Å². The molecule has 55 heavy (non-hydrogen) atoms. The number of fused-ring (bicyclic) bond motifs is 1. The van der Waals surface area contributed by atoms with E-state index in [0.717, 1.165) is 12.8 Å². The van der Waals surface area contributed by atoms with Gasteiger partial charge in [0.15, 0.2) is 0 Å². The number of nitrogens with zero attached hydrogens (tertiary/aromatic N) is 2. The Morgan fingerprint density at radius 1 is 0.927 bits per heavy atom. The smallest absolute Gasteiger partial charge is 0.427 e. The monoisotopic (exact) mass is 778 g/mol. The van der Waals surface area contributed by atoms with E-state index in [0.29, 0.717) is 19.4 Å². The highest BCUT2D eigenvalue weighted by Crippen LogP contribution is 2.65. The molecule has 4 rings (SSSR count). The van der Waals surface area contributed by atoms with Crippen molar-refractivity contribution in [3.63, 3.8) is 0 Å². The summed E-state index contributed by atoms with van der Waals surface area (Å²) < 4.78 is 45.0. The minimum absolute atomic E-state index is 0.0573. The highest BCUT2D eigenvalue weighted by Gasteiger charge is 2.70. The lowest BCUT2D eigenvalue weighted by Crippen LogP contribution is -2.61. The van der Waals surface area contributed by atoms with Gasteiger partial charge in [-0.3, -0.25) is 28.8 Å². The second kappa shape index (κ2) is 15.8. The third-order valence-corrected chi connectivity index (χ3v) is 10.8. The van der Waals surface area contributed by atoms with Gasteiger partial charge in [-0.15, -0.1) is 0 Å². The number of likely N-dealkylation sites (N-methyl/N-ethyl adjacent to an activating group) is 1. The number of benzene rings is 1. The first-order chi connectivity index (χ1) is 25.3. The molecule has 6 amide bonds. The Morgan fingerprint density at radius 3 is 2.05 bits per heavy atom. The van der Waals surface area contributed by atoms with Gasteiger partial charge >= 0.3 is 12.3 Å². The average molecular weight is 779 g/mol. The Labute approximate surface area is 319 Å². The molecule has 1 aromatic rings. The fourth-order valence-corrected chi connectivity index (χ4v) is 7.05. The van der Waals surface area contributed by atoms with E-state index >= 15 is 0 Å². The van der Waals surface area contributed by atoms with Gasteiger partial charge in [-0.25, -0.2) is 4.79 Å². The van der Waals surface area contributed by atoms with Crippen LogP contribution in [0.25, 0.3) is 0 Å². The summed E-state index contributed by atoms with van der Waals surface area (Å²) in [6.07, 6.45) is -4.65. The van der Waals surface area contributed by atoms with Crippen molar-refractivity contribution in [1.82, 2.24) is 31.1 Å². The van der Waals surface area contributed by atoms with E-state index in [1.165, 1.54) is 23.9 Å². The number of alkyl halides is 3. The molecule has 1 aromatic carbocycles. The number of likely N-dealkylation sites (tertiary alicyclic amines) is 1. The van der Waals surface area contributed by atoms with Gasteiger partial charge in [0.05, 0.1) is 12.6 Å². The Hall–Kier alpha value is -4.70. The molecule has 17 heteroatoms. The van der Waals surface area contributed by atoms with E-state index in [4.69, 9.17) is 0 Å². The van der Waals surface area contributed by atoms with Crippen LogP contribution >= 0.6 is 0 Å². The third kappa shape index (κ3) is 9.95. The fourth-order valence-electron chi connectivity index (χ4n) is 7.05. The molecule has 3 aliphatic rings. The van der Waals surface area contributed by atoms with Gasteiger partial charge in [-0.05, 0) is 54.4 Å². The third-order valence-electron chi connectivity index (χ3n) is 10.8. The van der Waals surface area contributed by atoms with Crippen molar-refractivity contribution in [2.45, 2.75) is 104 Å². The van der Waals surface area contributed by atoms with E-state index in [1.807, 2.05) is 13.8 Å². The molecule has 6 atom stereocenters. The summed E-state index contributed by atoms with van der Waals surface area (Å²) in [6, 6.07) is 3.65. The number of amides is 6. The molecule has 304 valence electrons. The van der Waals surface area contributed by atoms with E-state index in [2.05, 4.69) is 26.0 Å². The SMILES string of the molecule is CN(C)C(=O)[C@@H](NC(=O)CNC(=O)C(=O)C(CC1CC1)NC(=O)[C@@H]1[C@@H]2[C@H](CN1C(=O)[C@@H](NC(=O)OC(C)(C)C(F)(F)F)C(C)(C)C)C2(C)C)c1ccccc1. The lowest BCUT2D eigenvalue weighted by molar-refractivity contribution is -0.244. The number of Topliss-reactive ketones (excluding diaryl/α,β-unsaturated/α-hetero) is 1. The average Bonchev–Trinajstić information content (AvgIpc) is 3.93. The molecular formula is C38H53F3N6O8. The van der Waals surface area contributed by atoms with Crippen LogP contribution in [-0.2, 0) is 33.5 Å². The highest BCUT2D eigenvalue weighted by molar-refractivity contribution is 6.38. The maximum atomic E-state index is 14.2. The molecule has 3 fully saturated rings. The molecule has 4 N–H and O–H groups in total. The topological polar surface area (TPSA) is 183 Å². The number of ketones is 1. The van der Waals surface area contributed by atoms with Gasteiger partial charge in [0.1, 0.15) is 18.1 Å². The number of piperidine rings is 1. The quantitative estimate of drug-likeness (QED) is 0.208. The second-order valence-electron chi connectivity index (χ2n) is 17.2. The zero-order valence-electron chi connectivity index (χ0n) is 32.8. The number of carbonyl (C=O) groups excluding carboxylic acids is 7. The minimum Gasteiger partial charge on any atom is -0.434 e. The van der Waals surface area contributed by atoms with Gasteiger partial charge in [-0.2, -0.15) is 13.2 Å². The van der Waals surface area contributed by atoms with Gasteiger partial charge in [0, 0.05) is 20.6 Å². The van der Waals surface area contributed by atoms with Crippen LogP contribution < -0.4 is 21.3 Å². The largest absolute Gasteiger partial charge is 0.434 e. The summed E-state index contributed by atoms with van der Waals surface area (Å²) in [5.74, 6) is -5.09. The molecule has 1 unspecified atom stereocenters. The highest BCUT2D eigenvalue weighted by atomic mass is 19.4. The first kappa shape index (κ1) is 43.0. The number of carbonyl (C=O) groups is 7. The maximum absolute atomic E-state index is 14.2. The molecule has 2 saturated carbocycles. The number of nitrogens with one attached hydrogen (secondary N) is 4. The van der Waals surface area contributed by atoms with Gasteiger partial charge in [-0.1, -0.05) is 77.8 Å². The molecule has 2 aliphatic carbocycles. The van der Waals surface area contributed by atoms with E-state index in [-0.39, 0.29) is 36.1 Å². The minimum atomic E-state index is -4.88. The van der Waals surface area contributed by atoms with Crippen LogP contribution in [0.3, 0.4) is 0 Å². The molecule has 0 bridgehead atoms. The van der Waals surface area contributed by atoms with Crippen molar-refractivity contribution in [3.8, 4) is 0 Å². The standard InChI is InChI=1S/C38H53F3N6O8/c1-35(2,3)29(45-34(54)55-37(6,7)38(39,40)41)33(53)47-19-22-25(36(22,4)5)27(47)30(50)43-23(17-20-15-16-20)28(49)31(51)42-18-24(48)44-26(32(52)46(8)9)21-13-11-10-12-14-21/h10-14,20,22-23,25-27,29H,15-19H2,1-9H3,(H,42,51)(H,43,50)(H,44,48)(H,45,54)/t22-,23?,25-,26-,27-,29+/m0/s1. The van der Waals surface area contributed by atoms with Crippen molar-refractivity contribution in [1.29, 1.82) is 0 Å². The van der Waals surface area contributed by atoms with Crippen LogP contribution in [0.15, 0.2) is 30.3 Å². The van der Waals surface area contributed by atoms with Crippen LogP contribution in [0.1, 0.15) is 79.3 Å². The predicted octanol–water partition coefficient (Wildman–Crippen LogP) is 2.87. The number of alkyl carbamates (subject to hydrolysis) is 1. The van der Waals surface area contributed by atoms with Crippen molar-refractivity contribution in [3.05, 3.63) is 35.9 Å². The summed E-state index contributed by atoms with van der Waals surface area (Å²) in [5, 5.41) is 9.86. The molecule has 0 spiro atoms. The van der Waals surface area contributed by atoms with E-state index in [1.54, 1.807) is 51.1 Å². The molecule has 1 heterocycles. The molecule has 0 radical (unpaired) electrons. The number of hydrogen-bond donors (Lipinski definition) is 4. The first-order valence-electron chi connectivity index (χ1n) is 18.3. The first-order valence-corrected chi connectivity index (χ1v) is 18.3.